The van der Waals surface area contributed by atoms with E-state index < -0.39 is 0 Å². The van der Waals surface area contributed by atoms with Crippen LogP contribution in [0.5, 0.6) is 0 Å². The van der Waals surface area contributed by atoms with E-state index in [0.29, 0.717) is 5.92 Å². The molecule has 0 unspecified atom stereocenters. The van der Waals surface area contributed by atoms with Crippen molar-refractivity contribution in [2.24, 2.45) is 0 Å². The molecule has 0 radical (unpaired) electrons. The van der Waals surface area contributed by atoms with Gasteiger partial charge in [-0.3, -0.25) is 0 Å². The van der Waals surface area contributed by atoms with Gasteiger partial charge in [-0.05, 0) is 37.3 Å². The standard InChI is InChI=1S/C15H19N3/c1-3-11-12(9-17-13(11)4-2)15-16-8-7-14(18-15)10-5-6-10/h7-10,17H,3-6H2,1-2H3. The van der Waals surface area contributed by atoms with Gasteiger partial charge in [0.25, 0.3) is 0 Å². The Hall–Kier alpha value is -1.64. The molecule has 0 saturated heterocycles. The Morgan fingerprint density at radius 1 is 1.28 bits per heavy atom. The van der Waals surface area contributed by atoms with Gasteiger partial charge in [0.1, 0.15) is 0 Å². The van der Waals surface area contributed by atoms with E-state index in [2.05, 4.69) is 36.1 Å². The second-order valence-corrected chi connectivity index (χ2v) is 4.95. The van der Waals surface area contributed by atoms with E-state index in [9.17, 15) is 0 Å². The Labute approximate surface area is 108 Å². The summed E-state index contributed by atoms with van der Waals surface area (Å²) in [5.41, 5.74) is 5.07. The number of nitrogens with zero attached hydrogens (tertiary/aromatic N) is 2. The maximum Gasteiger partial charge on any atom is 0.161 e. The third kappa shape index (κ3) is 1.94. The van der Waals surface area contributed by atoms with E-state index in [1.54, 1.807) is 0 Å². The second-order valence-electron chi connectivity index (χ2n) is 4.95. The number of rotatable bonds is 4. The highest BCUT2D eigenvalue weighted by Gasteiger charge is 2.25. The van der Waals surface area contributed by atoms with Gasteiger partial charge in [0, 0.05) is 35.3 Å². The lowest BCUT2D eigenvalue weighted by atomic mass is 10.1. The molecule has 1 N–H and O–H groups in total. The van der Waals surface area contributed by atoms with Crippen molar-refractivity contribution in [2.45, 2.75) is 45.4 Å². The average molecular weight is 241 g/mol. The minimum absolute atomic E-state index is 0.682. The molecule has 1 fully saturated rings. The van der Waals surface area contributed by atoms with Crippen molar-refractivity contribution >= 4 is 0 Å². The molecule has 2 aromatic heterocycles. The van der Waals surface area contributed by atoms with Crippen molar-refractivity contribution in [3.05, 3.63) is 35.4 Å². The first kappa shape index (κ1) is 11.5. The smallest absolute Gasteiger partial charge is 0.161 e. The van der Waals surface area contributed by atoms with Gasteiger partial charge in [-0.2, -0.15) is 0 Å². The maximum atomic E-state index is 4.73. The Morgan fingerprint density at radius 3 is 2.78 bits per heavy atom. The summed E-state index contributed by atoms with van der Waals surface area (Å²) in [6.07, 6.45) is 8.58. The highest BCUT2D eigenvalue weighted by molar-refractivity contribution is 5.61. The van der Waals surface area contributed by atoms with Crippen LogP contribution >= 0.6 is 0 Å². The fraction of sp³-hybridized carbons (Fsp3) is 0.467. The number of H-pyrrole nitrogens is 1. The molecule has 3 nitrogen and oxygen atoms in total. The summed E-state index contributed by atoms with van der Waals surface area (Å²) in [6.45, 7) is 4.37. The number of nitrogens with one attached hydrogen (secondary N) is 1. The van der Waals surface area contributed by atoms with Crippen LogP contribution < -0.4 is 0 Å². The first-order valence-electron chi connectivity index (χ1n) is 6.85. The first-order valence-corrected chi connectivity index (χ1v) is 6.85. The second kappa shape index (κ2) is 4.56. The third-order valence-electron chi connectivity index (χ3n) is 3.70. The van der Waals surface area contributed by atoms with Gasteiger partial charge in [-0.25, -0.2) is 9.97 Å². The van der Waals surface area contributed by atoms with Gasteiger partial charge in [0.2, 0.25) is 0 Å². The van der Waals surface area contributed by atoms with Gasteiger partial charge >= 0.3 is 0 Å². The molecule has 0 amide bonds. The topological polar surface area (TPSA) is 41.6 Å². The monoisotopic (exact) mass is 241 g/mol. The Morgan fingerprint density at radius 2 is 2.11 bits per heavy atom. The highest BCUT2D eigenvalue weighted by Crippen LogP contribution is 2.39. The van der Waals surface area contributed by atoms with E-state index in [4.69, 9.17) is 4.98 Å². The highest BCUT2D eigenvalue weighted by atomic mass is 14.9. The number of aryl methyl sites for hydroxylation is 1. The average Bonchev–Trinajstić information content (AvgIpc) is 3.18. The molecule has 94 valence electrons. The number of hydrogen-bond acceptors (Lipinski definition) is 2. The zero-order valence-electron chi connectivity index (χ0n) is 11.0. The van der Waals surface area contributed by atoms with E-state index in [0.717, 1.165) is 18.7 Å². The molecule has 0 atom stereocenters. The minimum atomic E-state index is 0.682. The maximum absolute atomic E-state index is 4.73. The van der Waals surface area contributed by atoms with E-state index in [1.165, 1.54) is 35.4 Å². The van der Waals surface area contributed by atoms with Gasteiger partial charge < -0.3 is 4.98 Å². The number of hydrogen-bond donors (Lipinski definition) is 1. The Kier molecular flexibility index (Phi) is 2.90. The summed E-state index contributed by atoms with van der Waals surface area (Å²) in [5, 5.41) is 0. The van der Waals surface area contributed by atoms with Gasteiger partial charge in [0.05, 0.1) is 0 Å². The van der Waals surface area contributed by atoms with Crippen LogP contribution in [0, 0.1) is 0 Å². The first-order chi connectivity index (χ1) is 8.83. The molecule has 18 heavy (non-hydrogen) atoms. The Balaban J connectivity index is 2.03. The lowest BCUT2D eigenvalue weighted by molar-refractivity contribution is 0.983. The van der Waals surface area contributed by atoms with Crippen LogP contribution in [0.15, 0.2) is 18.5 Å². The lowest BCUT2D eigenvalue weighted by Crippen LogP contribution is -1.95. The molecule has 0 aliphatic heterocycles. The summed E-state index contributed by atoms with van der Waals surface area (Å²) in [7, 11) is 0. The van der Waals surface area contributed by atoms with E-state index in [1.807, 2.05) is 6.20 Å². The van der Waals surface area contributed by atoms with Crippen molar-refractivity contribution in [1.82, 2.24) is 15.0 Å². The molecule has 0 bridgehead atoms. The summed E-state index contributed by atoms with van der Waals surface area (Å²) >= 11 is 0. The van der Waals surface area contributed by atoms with E-state index >= 15 is 0 Å². The van der Waals surface area contributed by atoms with Crippen molar-refractivity contribution in [2.75, 3.05) is 0 Å². The Bertz CT molecular complexity index is 553. The SMILES string of the molecule is CCc1[nH]cc(-c2nccc(C3CC3)n2)c1CC. The van der Waals surface area contributed by atoms with Crippen LogP contribution in [-0.4, -0.2) is 15.0 Å². The van der Waals surface area contributed by atoms with Crippen LogP contribution in [0.25, 0.3) is 11.4 Å². The van der Waals surface area contributed by atoms with Gasteiger partial charge in [-0.15, -0.1) is 0 Å². The fourth-order valence-corrected chi connectivity index (χ4v) is 2.52. The van der Waals surface area contributed by atoms with Crippen LogP contribution in [0.2, 0.25) is 0 Å². The van der Waals surface area contributed by atoms with Crippen LogP contribution in [-0.2, 0) is 12.8 Å². The van der Waals surface area contributed by atoms with Crippen LogP contribution in [0.1, 0.15) is 49.6 Å². The normalized spacial score (nSPS) is 15.0. The molecule has 2 aromatic rings. The lowest BCUT2D eigenvalue weighted by Gasteiger charge is -2.04. The number of aromatic nitrogens is 3. The van der Waals surface area contributed by atoms with Crippen LogP contribution in [0.4, 0.5) is 0 Å². The van der Waals surface area contributed by atoms with Gasteiger partial charge in [-0.1, -0.05) is 13.8 Å². The third-order valence-corrected chi connectivity index (χ3v) is 3.70. The zero-order chi connectivity index (χ0) is 12.5. The largest absolute Gasteiger partial charge is 0.364 e. The van der Waals surface area contributed by atoms with E-state index in [-0.39, 0.29) is 0 Å². The number of aromatic amines is 1. The molecule has 1 saturated carbocycles. The van der Waals surface area contributed by atoms with Crippen LogP contribution in [0.3, 0.4) is 0 Å². The fourth-order valence-electron chi connectivity index (χ4n) is 2.52. The molecular formula is C15H19N3. The van der Waals surface area contributed by atoms with Crippen molar-refractivity contribution < 1.29 is 0 Å². The summed E-state index contributed by atoms with van der Waals surface area (Å²) in [5.74, 6) is 1.56. The molecule has 3 heteroatoms. The quantitative estimate of drug-likeness (QED) is 0.890. The minimum Gasteiger partial charge on any atom is -0.364 e. The summed E-state index contributed by atoms with van der Waals surface area (Å²) < 4.78 is 0. The molecule has 1 aliphatic carbocycles. The predicted molar refractivity (Wildman–Crippen MR) is 72.5 cm³/mol. The molecule has 0 aromatic carbocycles. The molecular weight excluding hydrogens is 222 g/mol. The summed E-state index contributed by atoms with van der Waals surface area (Å²) in [4.78, 5) is 12.5. The molecule has 2 heterocycles. The molecule has 3 rings (SSSR count). The van der Waals surface area contributed by atoms with Crippen molar-refractivity contribution in [3.63, 3.8) is 0 Å². The van der Waals surface area contributed by atoms with Gasteiger partial charge in [0.15, 0.2) is 5.82 Å². The van der Waals surface area contributed by atoms with Crippen molar-refractivity contribution in [3.8, 4) is 11.4 Å². The summed E-state index contributed by atoms with van der Waals surface area (Å²) in [6, 6.07) is 2.06. The van der Waals surface area contributed by atoms with Crippen molar-refractivity contribution in [1.29, 1.82) is 0 Å². The molecule has 1 aliphatic rings. The molecule has 0 spiro atoms. The predicted octanol–water partition coefficient (Wildman–Crippen LogP) is 3.47. The zero-order valence-corrected chi connectivity index (χ0v) is 11.0.